The van der Waals surface area contributed by atoms with E-state index in [1.165, 1.54) is 20.0 Å². The number of nitrogens with two attached hydrogens (primary N) is 1. The molecule has 0 radical (unpaired) electrons. The van der Waals surface area contributed by atoms with Crippen molar-refractivity contribution in [1.82, 2.24) is 9.29 Å². The van der Waals surface area contributed by atoms with Crippen LogP contribution < -0.4 is 11.3 Å². The van der Waals surface area contributed by atoms with E-state index in [1.54, 1.807) is 24.3 Å². The first-order valence-corrected chi connectivity index (χ1v) is 7.80. The predicted octanol–water partition coefficient (Wildman–Crippen LogP) is 0.522. The highest BCUT2D eigenvalue weighted by molar-refractivity contribution is 7.89. The molecular formula is C13H18N4O3S. The van der Waals surface area contributed by atoms with Gasteiger partial charge in [-0.05, 0) is 37.3 Å². The van der Waals surface area contributed by atoms with Crippen LogP contribution in [0.1, 0.15) is 6.92 Å². The number of nitrogens with one attached hydrogen (secondary N) is 1. The van der Waals surface area contributed by atoms with Gasteiger partial charge in [0.15, 0.2) is 0 Å². The van der Waals surface area contributed by atoms with E-state index in [-0.39, 0.29) is 11.4 Å². The van der Waals surface area contributed by atoms with Crippen molar-refractivity contribution in [2.24, 2.45) is 5.84 Å². The number of likely N-dealkylation sites (N-methyl/N-ethyl adjacent to an activating group) is 1. The molecule has 1 atom stereocenters. The van der Waals surface area contributed by atoms with E-state index in [0.717, 1.165) is 4.31 Å². The topological polar surface area (TPSA) is 109 Å². The summed E-state index contributed by atoms with van der Waals surface area (Å²) in [6.07, 6.45) is -0.731. The summed E-state index contributed by atoms with van der Waals surface area (Å²) in [7, 11) is -2.20. The molecule has 2 aromatic rings. The van der Waals surface area contributed by atoms with Crippen molar-refractivity contribution in [2.45, 2.75) is 17.9 Å². The maximum absolute atomic E-state index is 12.4. The SMILES string of the molecule is CC(O)CN(C)S(=O)(=O)c1ccc2nc(NN)ccc2c1. The summed E-state index contributed by atoms with van der Waals surface area (Å²) >= 11 is 0. The van der Waals surface area contributed by atoms with Crippen LogP contribution in [-0.4, -0.2) is 42.5 Å². The summed E-state index contributed by atoms with van der Waals surface area (Å²) in [5.41, 5.74) is 3.08. The Balaban J connectivity index is 2.42. The van der Waals surface area contributed by atoms with Crippen molar-refractivity contribution >= 4 is 26.7 Å². The molecule has 8 heteroatoms. The molecule has 0 aliphatic heterocycles. The normalized spacial score (nSPS) is 13.6. The van der Waals surface area contributed by atoms with Gasteiger partial charge >= 0.3 is 0 Å². The van der Waals surface area contributed by atoms with Crippen molar-refractivity contribution < 1.29 is 13.5 Å². The van der Waals surface area contributed by atoms with Crippen LogP contribution in [-0.2, 0) is 10.0 Å². The summed E-state index contributed by atoms with van der Waals surface area (Å²) in [4.78, 5) is 4.39. The Kier molecular flexibility index (Phi) is 4.43. The summed E-state index contributed by atoms with van der Waals surface area (Å²) < 4.78 is 25.9. The molecule has 0 fully saturated rings. The van der Waals surface area contributed by atoms with Crippen LogP contribution in [0, 0.1) is 0 Å². The number of benzene rings is 1. The number of aliphatic hydroxyl groups excluding tert-OH is 1. The largest absolute Gasteiger partial charge is 0.392 e. The van der Waals surface area contributed by atoms with Crippen LogP contribution in [0.4, 0.5) is 5.82 Å². The van der Waals surface area contributed by atoms with Gasteiger partial charge < -0.3 is 10.5 Å². The quantitative estimate of drug-likeness (QED) is 0.549. The summed E-state index contributed by atoms with van der Waals surface area (Å²) in [6, 6.07) is 8.07. The Hall–Kier alpha value is -1.74. The molecule has 7 nitrogen and oxygen atoms in total. The number of fused-ring (bicyclic) bond motifs is 1. The van der Waals surface area contributed by atoms with Crippen LogP contribution in [0.3, 0.4) is 0 Å². The number of nitrogens with zero attached hydrogens (tertiary/aromatic N) is 2. The van der Waals surface area contributed by atoms with Crippen molar-refractivity contribution in [3.63, 3.8) is 0 Å². The number of hydrogen-bond donors (Lipinski definition) is 3. The first-order chi connectivity index (χ1) is 9.84. The zero-order valence-electron chi connectivity index (χ0n) is 11.8. The van der Waals surface area contributed by atoms with Gasteiger partial charge in [-0.1, -0.05) is 0 Å². The third-order valence-corrected chi connectivity index (χ3v) is 4.86. The number of aliphatic hydroxyl groups is 1. The zero-order valence-corrected chi connectivity index (χ0v) is 12.6. The number of pyridine rings is 1. The first kappa shape index (κ1) is 15.6. The number of hydrazine groups is 1. The minimum absolute atomic E-state index is 0.0364. The summed E-state index contributed by atoms with van der Waals surface area (Å²) in [5.74, 6) is 5.79. The number of hydrogen-bond acceptors (Lipinski definition) is 6. The molecule has 21 heavy (non-hydrogen) atoms. The highest BCUT2D eigenvalue weighted by Gasteiger charge is 2.22. The van der Waals surface area contributed by atoms with Gasteiger partial charge in [0, 0.05) is 19.0 Å². The smallest absolute Gasteiger partial charge is 0.242 e. The maximum Gasteiger partial charge on any atom is 0.242 e. The molecule has 0 saturated heterocycles. The molecule has 0 aliphatic carbocycles. The van der Waals surface area contributed by atoms with Crippen molar-refractivity contribution in [1.29, 1.82) is 0 Å². The standard InChI is InChI=1S/C13H18N4O3S/c1-9(18)8-17(2)21(19,20)11-4-5-12-10(7-11)3-6-13(15-12)16-14/h3-7,9,18H,8,14H2,1-2H3,(H,15,16). The molecular weight excluding hydrogens is 292 g/mol. The Bertz CT molecular complexity index is 746. The highest BCUT2D eigenvalue weighted by atomic mass is 32.2. The predicted molar refractivity (Wildman–Crippen MR) is 81.0 cm³/mol. The Labute approximate surface area is 123 Å². The molecule has 4 N–H and O–H groups in total. The molecule has 0 saturated carbocycles. The molecule has 1 aromatic carbocycles. The fourth-order valence-corrected chi connectivity index (χ4v) is 3.28. The maximum atomic E-state index is 12.4. The third kappa shape index (κ3) is 3.30. The second-order valence-corrected chi connectivity index (χ2v) is 6.87. The number of aromatic nitrogens is 1. The minimum Gasteiger partial charge on any atom is -0.392 e. The van der Waals surface area contributed by atoms with Crippen LogP contribution in [0.25, 0.3) is 10.9 Å². The highest BCUT2D eigenvalue weighted by Crippen LogP contribution is 2.21. The van der Waals surface area contributed by atoms with Gasteiger partial charge in [0.25, 0.3) is 0 Å². The number of sulfonamides is 1. The Morgan fingerprint density at radius 2 is 2.10 bits per heavy atom. The lowest BCUT2D eigenvalue weighted by Crippen LogP contribution is -2.33. The van der Waals surface area contributed by atoms with Crippen LogP contribution >= 0.6 is 0 Å². The van der Waals surface area contributed by atoms with Gasteiger partial charge in [0.1, 0.15) is 5.82 Å². The van der Waals surface area contributed by atoms with Gasteiger partial charge in [-0.2, -0.15) is 4.31 Å². The Morgan fingerprint density at radius 1 is 1.38 bits per heavy atom. The average molecular weight is 310 g/mol. The summed E-state index contributed by atoms with van der Waals surface area (Å²) in [5, 5.41) is 10.0. The van der Waals surface area contributed by atoms with Crippen molar-refractivity contribution in [2.75, 3.05) is 19.0 Å². The molecule has 0 amide bonds. The van der Waals surface area contributed by atoms with E-state index < -0.39 is 16.1 Å². The average Bonchev–Trinajstić information content (AvgIpc) is 2.45. The van der Waals surface area contributed by atoms with Gasteiger partial charge in [-0.3, -0.25) is 0 Å². The molecule has 1 heterocycles. The molecule has 1 aromatic heterocycles. The third-order valence-electron chi connectivity index (χ3n) is 3.04. The van der Waals surface area contributed by atoms with Crippen LogP contribution in [0.2, 0.25) is 0 Å². The first-order valence-electron chi connectivity index (χ1n) is 6.36. The minimum atomic E-state index is -3.64. The number of anilines is 1. The lowest BCUT2D eigenvalue weighted by Gasteiger charge is -2.18. The summed E-state index contributed by atoms with van der Waals surface area (Å²) in [6.45, 7) is 1.58. The molecule has 0 aliphatic rings. The second-order valence-electron chi connectivity index (χ2n) is 4.83. The zero-order chi connectivity index (χ0) is 15.6. The van der Waals surface area contributed by atoms with Gasteiger partial charge in [-0.25, -0.2) is 19.2 Å². The van der Waals surface area contributed by atoms with E-state index in [0.29, 0.717) is 16.7 Å². The fraction of sp³-hybridized carbons (Fsp3) is 0.308. The second kappa shape index (κ2) is 5.94. The van der Waals surface area contributed by atoms with E-state index in [1.807, 2.05) is 0 Å². The van der Waals surface area contributed by atoms with Crippen LogP contribution in [0.5, 0.6) is 0 Å². The van der Waals surface area contributed by atoms with Crippen molar-refractivity contribution in [3.05, 3.63) is 30.3 Å². The molecule has 0 spiro atoms. The number of rotatable bonds is 5. The fourth-order valence-electron chi connectivity index (χ4n) is 1.99. The molecule has 114 valence electrons. The lowest BCUT2D eigenvalue weighted by atomic mass is 10.2. The molecule has 0 bridgehead atoms. The Morgan fingerprint density at radius 3 is 2.71 bits per heavy atom. The monoisotopic (exact) mass is 310 g/mol. The van der Waals surface area contributed by atoms with Crippen molar-refractivity contribution in [3.8, 4) is 0 Å². The van der Waals surface area contributed by atoms with Crippen LogP contribution in [0.15, 0.2) is 35.2 Å². The van der Waals surface area contributed by atoms with E-state index >= 15 is 0 Å². The van der Waals surface area contributed by atoms with Gasteiger partial charge in [0.2, 0.25) is 10.0 Å². The number of nitrogen functional groups attached to an aromatic ring is 1. The van der Waals surface area contributed by atoms with E-state index in [2.05, 4.69) is 10.4 Å². The van der Waals surface area contributed by atoms with E-state index in [4.69, 9.17) is 5.84 Å². The van der Waals surface area contributed by atoms with E-state index in [9.17, 15) is 13.5 Å². The lowest BCUT2D eigenvalue weighted by molar-refractivity contribution is 0.171. The van der Waals surface area contributed by atoms with Gasteiger partial charge in [0.05, 0.1) is 16.5 Å². The van der Waals surface area contributed by atoms with Gasteiger partial charge in [-0.15, -0.1) is 0 Å². The molecule has 1 unspecified atom stereocenters. The molecule has 2 rings (SSSR count).